The highest BCUT2D eigenvalue weighted by molar-refractivity contribution is 6.01. The van der Waals surface area contributed by atoms with Crippen LogP contribution in [0.5, 0.6) is 0 Å². The smallest absolute Gasteiger partial charge is 0.335 e. The molecule has 1 aromatic rings. The van der Waals surface area contributed by atoms with Gasteiger partial charge in [-0.3, -0.25) is 4.79 Å². The number of rotatable bonds is 4. The van der Waals surface area contributed by atoms with Gasteiger partial charge < -0.3 is 10.4 Å². The van der Waals surface area contributed by atoms with Gasteiger partial charge in [-0.1, -0.05) is 12.1 Å². The Hall–Kier alpha value is -2.61. The van der Waals surface area contributed by atoms with Gasteiger partial charge in [0.05, 0.1) is 5.56 Å². The first-order chi connectivity index (χ1) is 8.93. The Morgan fingerprint density at radius 3 is 2.32 bits per heavy atom. The van der Waals surface area contributed by atoms with Crippen molar-refractivity contribution < 1.29 is 14.7 Å². The molecule has 19 heavy (non-hydrogen) atoms. The fourth-order valence-corrected chi connectivity index (χ4v) is 1.38. The molecule has 1 amide bonds. The lowest BCUT2D eigenvalue weighted by Crippen LogP contribution is -2.30. The molecule has 98 valence electrons. The Bertz CT molecular complexity index is 551. The molecule has 2 N–H and O–H groups in total. The predicted octanol–water partition coefficient (Wildman–Crippen LogP) is 1.82. The largest absolute Gasteiger partial charge is 0.478 e. The number of aromatic carboxylic acids is 1. The number of amides is 1. The first-order valence-corrected chi connectivity index (χ1v) is 5.70. The molecule has 0 saturated carbocycles. The van der Waals surface area contributed by atoms with Crippen LogP contribution >= 0.6 is 0 Å². The van der Waals surface area contributed by atoms with Crippen LogP contribution in [0.4, 0.5) is 0 Å². The lowest BCUT2D eigenvalue weighted by Gasteiger charge is -2.06. The van der Waals surface area contributed by atoms with Gasteiger partial charge in [-0.2, -0.15) is 5.26 Å². The van der Waals surface area contributed by atoms with E-state index in [-0.39, 0.29) is 17.2 Å². The van der Waals surface area contributed by atoms with Gasteiger partial charge in [0, 0.05) is 6.04 Å². The fourth-order valence-electron chi connectivity index (χ4n) is 1.38. The molecule has 5 nitrogen and oxygen atoms in total. The molecule has 0 aliphatic heterocycles. The standard InChI is InChI=1S/C14H14N2O3/c1-9(2)16-13(17)12(8-15)7-10-3-5-11(6-4-10)14(18)19/h3-7,9H,1-2H3,(H,16,17)(H,18,19)/b12-7-. The third-order valence-electron chi connectivity index (χ3n) is 2.25. The van der Waals surface area contributed by atoms with E-state index < -0.39 is 11.9 Å². The second-order valence-corrected chi connectivity index (χ2v) is 4.23. The van der Waals surface area contributed by atoms with E-state index in [0.29, 0.717) is 5.56 Å². The van der Waals surface area contributed by atoms with Crippen molar-refractivity contribution in [3.05, 3.63) is 41.0 Å². The minimum atomic E-state index is -1.02. The molecule has 1 aromatic carbocycles. The normalized spacial score (nSPS) is 10.9. The zero-order chi connectivity index (χ0) is 14.4. The van der Waals surface area contributed by atoms with Gasteiger partial charge in [-0.15, -0.1) is 0 Å². The van der Waals surface area contributed by atoms with Crippen LogP contribution in [0, 0.1) is 11.3 Å². The SMILES string of the molecule is CC(C)NC(=O)/C(C#N)=C\c1ccc(C(=O)O)cc1. The van der Waals surface area contributed by atoms with E-state index in [4.69, 9.17) is 10.4 Å². The molecule has 1 rings (SSSR count). The third-order valence-corrected chi connectivity index (χ3v) is 2.25. The average Bonchev–Trinajstić information content (AvgIpc) is 2.35. The molecule has 0 spiro atoms. The monoisotopic (exact) mass is 258 g/mol. The van der Waals surface area contributed by atoms with E-state index in [2.05, 4.69) is 5.32 Å². The van der Waals surface area contributed by atoms with Gasteiger partial charge in [0.25, 0.3) is 5.91 Å². The van der Waals surface area contributed by atoms with E-state index in [0.717, 1.165) is 0 Å². The third kappa shape index (κ3) is 4.28. The van der Waals surface area contributed by atoms with Crippen molar-refractivity contribution in [2.75, 3.05) is 0 Å². The molecular formula is C14H14N2O3. The number of nitriles is 1. The van der Waals surface area contributed by atoms with Crippen molar-refractivity contribution in [2.45, 2.75) is 19.9 Å². The quantitative estimate of drug-likeness (QED) is 0.636. The van der Waals surface area contributed by atoms with E-state index in [1.54, 1.807) is 26.0 Å². The number of carboxylic acids is 1. The second-order valence-electron chi connectivity index (χ2n) is 4.23. The van der Waals surface area contributed by atoms with Crippen molar-refractivity contribution in [1.82, 2.24) is 5.32 Å². The highest BCUT2D eigenvalue weighted by atomic mass is 16.4. The number of carbonyl (C=O) groups excluding carboxylic acids is 1. The van der Waals surface area contributed by atoms with E-state index in [9.17, 15) is 9.59 Å². The van der Waals surface area contributed by atoms with Crippen molar-refractivity contribution in [3.63, 3.8) is 0 Å². The molecule has 0 unspecified atom stereocenters. The summed E-state index contributed by atoms with van der Waals surface area (Å²) in [4.78, 5) is 22.4. The summed E-state index contributed by atoms with van der Waals surface area (Å²) in [6.45, 7) is 3.60. The molecule has 0 radical (unpaired) electrons. The van der Waals surface area contributed by atoms with Gasteiger partial charge in [0.2, 0.25) is 0 Å². The number of carbonyl (C=O) groups is 2. The molecule has 0 atom stereocenters. The van der Waals surface area contributed by atoms with Crippen molar-refractivity contribution >= 4 is 18.0 Å². The predicted molar refractivity (Wildman–Crippen MR) is 70.3 cm³/mol. The molecular weight excluding hydrogens is 244 g/mol. The number of nitrogens with one attached hydrogen (secondary N) is 1. The maximum absolute atomic E-state index is 11.7. The minimum absolute atomic E-state index is 0.0169. The fraction of sp³-hybridized carbons (Fsp3) is 0.214. The Morgan fingerprint density at radius 2 is 1.89 bits per heavy atom. The van der Waals surface area contributed by atoms with Crippen LogP contribution in [-0.2, 0) is 4.79 Å². The van der Waals surface area contributed by atoms with Crippen LogP contribution in [0.1, 0.15) is 29.8 Å². The van der Waals surface area contributed by atoms with Crippen LogP contribution in [0.15, 0.2) is 29.8 Å². The van der Waals surface area contributed by atoms with Crippen molar-refractivity contribution in [3.8, 4) is 6.07 Å². The number of carboxylic acid groups (broad SMARTS) is 1. The first-order valence-electron chi connectivity index (χ1n) is 5.70. The first kappa shape index (κ1) is 14.5. The Morgan fingerprint density at radius 1 is 1.32 bits per heavy atom. The van der Waals surface area contributed by atoms with Crippen LogP contribution in [0.3, 0.4) is 0 Å². The van der Waals surface area contributed by atoms with Crippen LogP contribution in [0.2, 0.25) is 0 Å². The number of benzene rings is 1. The number of hydrogen-bond acceptors (Lipinski definition) is 3. The highest BCUT2D eigenvalue weighted by Gasteiger charge is 2.10. The maximum atomic E-state index is 11.7. The van der Waals surface area contributed by atoms with E-state index in [1.165, 1.54) is 18.2 Å². The van der Waals surface area contributed by atoms with Crippen molar-refractivity contribution in [2.24, 2.45) is 0 Å². The maximum Gasteiger partial charge on any atom is 0.335 e. The van der Waals surface area contributed by atoms with Crippen molar-refractivity contribution in [1.29, 1.82) is 5.26 Å². The lowest BCUT2D eigenvalue weighted by atomic mass is 10.1. The minimum Gasteiger partial charge on any atom is -0.478 e. The summed E-state index contributed by atoms with van der Waals surface area (Å²) >= 11 is 0. The zero-order valence-electron chi connectivity index (χ0n) is 10.7. The van der Waals surface area contributed by atoms with Gasteiger partial charge in [0.1, 0.15) is 11.6 Å². The van der Waals surface area contributed by atoms with E-state index in [1.807, 2.05) is 6.07 Å². The summed E-state index contributed by atoms with van der Waals surface area (Å²) in [5.41, 5.74) is 0.736. The van der Waals surface area contributed by atoms with E-state index >= 15 is 0 Å². The Kier molecular flexibility index (Phi) is 4.84. The molecule has 0 aromatic heterocycles. The van der Waals surface area contributed by atoms with Gasteiger partial charge in [-0.05, 0) is 37.6 Å². The van der Waals surface area contributed by atoms with Gasteiger partial charge in [-0.25, -0.2) is 4.79 Å². The topological polar surface area (TPSA) is 90.2 Å². The van der Waals surface area contributed by atoms with Crippen LogP contribution in [-0.4, -0.2) is 23.0 Å². The Labute approximate surface area is 111 Å². The molecule has 0 heterocycles. The summed E-state index contributed by atoms with van der Waals surface area (Å²) in [6.07, 6.45) is 1.42. The summed E-state index contributed by atoms with van der Waals surface area (Å²) < 4.78 is 0. The molecule has 0 fully saturated rings. The summed E-state index contributed by atoms with van der Waals surface area (Å²) in [7, 11) is 0. The lowest BCUT2D eigenvalue weighted by molar-refractivity contribution is -0.117. The second kappa shape index (κ2) is 6.36. The highest BCUT2D eigenvalue weighted by Crippen LogP contribution is 2.09. The zero-order valence-corrected chi connectivity index (χ0v) is 10.7. The Balaban J connectivity index is 2.95. The summed E-state index contributed by atoms with van der Waals surface area (Å²) in [5.74, 6) is -1.46. The van der Waals surface area contributed by atoms with Crippen LogP contribution < -0.4 is 5.32 Å². The summed E-state index contributed by atoms with van der Waals surface area (Å²) in [5, 5.41) is 20.3. The molecule has 0 aliphatic rings. The number of nitrogens with zero attached hydrogens (tertiary/aromatic N) is 1. The summed E-state index contributed by atoms with van der Waals surface area (Å²) in [6, 6.07) is 7.70. The van der Waals surface area contributed by atoms with Gasteiger partial charge in [0.15, 0.2) is 0 Å². The average molecular weight is 258 g/mol. The molecule has 0 bridgehead atoms. The van der Waals surface area contributed by atoms with Gasteiger partial charge >= 0.3 is 5.97 Å². The molecule has 0 saturated heterocycles. The van der Waals surface area contributed by atoms with Crippen LogP contribution in [0.25, 0.3) is 6.08 Å². The molecule has 5 heteroatoms. The number of hydrogen-bond donors (Lipinski definition) is 2. The molecule has 0 aliphatic carbocycles.